The molecule has 0 unspecified atom stereocenters. The predicted octanol–water partition coefficient (Wildman–Crippen LogP) is 3.39. The first-order valence-electron chi connectivity index (χ1n) is 8.86. The molecule has 0 radical (unpaired) electrons. The van der Waals surface area contributed by atoms with E-state index in [4.69, 9.17) is 0 Å². The molecule has 2 amide bonds. The summed E-state index contributed by atoms with van der Waals surface area (Å²) in [6.45, 7) is -0.124. The molecule has 2 aromatic carbocycles. The lowest BCUT2D eigenvalue weighted by molar-refractivity contribution is -0.115. The van der Waals surface area contributed by atoms with E-state index >= 15 is 0 Å². The maximum Gasteiger partial charge on any atom is 0.251 e. The molecule has 0 spiro atoms. The van der Waals surface area contributed by atoms with Gasteiger partial charge in [0.05, 0.1) is 17.7 Å². The van der Waals surface area contributed by atoms with E-state index in [1.807, 2.05) is 65.5 Å². The molecule has 0 saturated carbocycles. The number of hydrogen-bond acceptors (Lipinski definition) is 3. The standard InChI is InChI=1S/C22H18N4O2/c27-20(25-19-7-3-5-16-6-4-12-23-21(16)19)15-24-22(28)17-8-10-18(11-9-17)26-13-1-2-14-26/h1-14H,15H2,(H,24,28)(H,25,27). The molecule has 6 heteroatoms. The number of carbonyl (C=O) groups excluding carboxylic acids is 2. The average molecular weight is 370 g/mol. The maximum absolute atomic E-state index is 12.3. The van der Waals surface area contributed by atoms with Crippen molar-refractivity contribution in [3.63, 3.8) is 0 Å². The number of amides is 2. The molecule has 4 aromatic rings. The maximum atomic E-state index is 12.3. The van der Waals surface area contributed by atoms with Crippen molar-refractivity contribution in [3.05, 3.63) is 90.9 Å². The minimum Gasteiger partial charge on any atom is -0.343 e. The summed E-state index contributed by atoms with van der Waals surface area (Å²) < 4.78 is 1.95. The highest BCUT2D eigenvalue weighted by Crippen LogP contribution is 2.20. The molecule has 0 aliphatic heterocycles. The summed E-state index contributed by atoms with van der Waals surface area (Å²) in [5, 5.41) is 6.38. The minimum absolute atomic E-state index is 0.124. The van der Waals surface area contributed by atoms with E-state index in [1.54, 1.807) is 24.4 Å². The van der Waals surface area contributed by atoms with Gasteiger partial charge in [0.1, 0.15) is 0 Å². The Hall–Kier alpha value is -3.93. The van der Waals surface area contributed by atoms with Gasteiger partial charge in [0.25, 0.3) is 5.91 Å². The zero-order chi connectivity index (χ0) is 19.3. The van der Waals surface area contributed by atoms with Crippen molar-refractivity contribution in [2.75, 3.05) is 11.9 Å². The number of rotatable bonds is 5. The summed E-state index contributed by atoms with van der Waals surface area (Å²) in [6.07, 6.45) is 5.54. The molecule has 0 aliphatic carbocycles. The second kappa shape index (κ2) is 7.75. The Bertz CT molecular complexity index is 1110. The van der Waals surface area contributed by atoms with Gasteiger partial charge in [-0.1, -0.05) is 18.2 Å². The Balaban J connectivity index is 1.37. The molecule has 0 fully saturated rings. The zero-order valence-corrected chi connectivity index (χ0v) is 15.0. The van der Waals surface area contributed by atoms with Crippen LogP contribution in [0.4, 0.5) is 5.69 Å². The molecule has 0 bridgehead atoms. The fourth-order valence-electron chi connectivity index (χ4n) is 2.95. The first kappa shape index (κ1) is 17.5. The highest BCUT2D eigenvalue weighted by molar-refractivity contribution is 6.03. The van der Waals surface area contributed by atoms with Crippen LogP contribution in [0.15, 0.2) is 85.3 Å². The van der Waals surface area contributed by atoms with E-state index in [0.29, 0.717) is 16.8 Å². The summed E-state index contributed by atoms with van der Waals surface area (Å²) in [6, 6.07) is 20.4. The van der Waals surface area contributed by atoms with Gasteiger partial charge in [-0.2, -0.15) is 0 Å². The number of anilines is 1. The Morgan fingerprint density at radius 1 is 0.893 bits per heavy atom. The van der Waals surface area contributed by atoms with Gasteiger partial charge in [-0.25, -0.2) is 0 Å². The van der Waals surface area contributed by atoms with Crippen molar-refractivity contribution < 1.29 is 9.59 Å². The largest absolute Gasteiger partial charge is 0.343 e. The Kier molecular flexibility index (Phi) is 4.84. The van der Waals surface area contributed by atoms with Crippen LogP contribution in [0.3, 0.4) is 0 Å². The van der Waals surface area contributed by atoms with Crippen molar-refractivity contribution in [1.29, 1.82) is 0 Å². The third-order valence-electron chi connectivity index (χ3n) is 4.35. The lowest BCUT2D eigenvalue weighted by atomic mass is 10.2. The first-order chi connectivity index (χ1) is 13.7. The van der Waals surface area contributed by atoms with Crippen LogP contribution in [0.25, 0.3) is 16.6 Å². The molecular formula is C22H18N4O2. The van der Waals surface area contributed by atoms with E-state index < -0.39 is 0 Å². The monoisotopic (exact) mass is 370 g/mol. The fraction of sp³-hybridized carbons (Fsp3) is 0.0455. The smallest absolute Gasteiger partial charge is 0.251 e. The van der Waals surface area contributed by atoms with E-state index in [1.165, 1.54) is 0 Å². The number of hydrogen-bond donors (Lipinski definition) is 2. The summed E-state index contributed by atoms with van der Waals surface area (Å²) in [5.74, 6) is -0.610. The van der Waals surface area contributed by atoms with Crippen LogP contribution in [-0.4, -0.2) is 27.9 Å². The molecule has 28 heavy (non-hydrogen) atoms. The zero-order valence-electron chi connectivity index (χ0n) is 15.0. The molecule has 0 atom stereocenters. The van der Waals surface area contributed by atoms with Crippen molar-refractivity contribution >= 4 is 28.4 Å². The van der Waals surface area contributed by atoms with Crippen LogP contribution >= 0.6 is 0 Å². The Labute approximate surface area is 161 Å². The van der Waals surface area contributed by atoms with Crippen LogP contribution < -0.4 is 10.6 Å². The lowest BCUT2D eigenvalue weighted by Crippen LogP contribution is -2.32. The third kappa shape index (κ3) is 3.76. The number of benzene rings is 2. The summed E-state index contributed by atoms with van der Waals surface area (Å²) in [4.78, 5) is 28.8. The predicted molar refractivity (Wildman–Crippen MR) is 108 cm³/mol. The van der Waals surface area contributed by atoms with Crippen molar-refractivity contribution in [2.24, 2.45) is 0 Å². The summed E-state index contributed by atoms with van der Waals surface area (Å²) >= 11 is 0. The second-order valence-corrected chi connectivity index (χ2v) is 6.25. The van der Waals surface area contributed by atoms with E-state index in [2.05, 4.69) is 15.6 Å². The van der Waals surface area contributed by atoms with Crippen LogP contribution in [0, 0.1) is 0 Å². The van der Waals surface area contributed by atoms with Gasteiger partial charge in [0, 0.05) is 35.2 Å². The highest BCUT2D eigenvalue weighted by atomic mass is 16.2. The Morgan fingerprint density at radius 2 is 1.64 bits per heavy atom. The number of nitrogens with zero attached hydrogens (tertiary/aromatic N) is 2. The molecule has 4 rings (SSSR count). The van der Waals surface area contributed by atoms with Gasteiger partial charge in [-0.05, 0) is 48.5 Å². The van der Waals surface area contributed by atoms with Crippen molar-refractivity contribution in [3.8, 4) is 5.69 Å². The average Bonchev–Trinajstić information content (AvgIpc) is 3.27. The van der Waals surface area contributed by atoms with Crippen molar-refractivity contribution in [1.82, 2.24) is 14.9 Å². The summed E-state index contributed by atoms with van der Waals surface area (Å²) in [5.41, 5.74) is 2.79. The quantitative estimate of drug-likeness (QED) is 0.565. The SMILES string of the molecule is O=C(CNC(=O)c1ccc(-n2cccc2)cc1)Nc1cccc2cccnc12. The van der Waals surface area contributed by atoms with Gasteiger partial charge in [0.15, 0.2) is 0 Å². The molecule has 2 heterocycles. The fourth-order valence-corrected chi connectivity index (χ4v) is 2.95. The van der Waals surface area contributed by atoms with Crippen molar-refractivity contribution in [2.45, 2.75) is 0 Å². The lowest BCUT2D eigenvalue weighted by Gasteiger charge is -2.09. The highest BCUT2D eigenvalue weighted by Gasteiger charge is 2.10. The Morgan fingerprint density at radius 3 is 2.43 bits per heavy atom. The number of carbonyl (C=O) groups is 2. The number of para-hydroxylation sites is 1. The summed E-state index contributed by atoms with van der Waals surface area (Å²) in [7, 11) is 0. The van der Waals surface area contributed by atoms with Gasteiger partial charge in [-0.15, -0.1) is 0 Å². The molecule has 2 aromatic heterocycles. The third-order valence-corrected chi connectivity index (χ3v) is 4.35. The number of pyridine rings is 1. The normalized spacial score (nSPS) is 10.6. The van der Waals surface area contributed by atoms with Crippen LogP contribution in [0.1, 0.15) is 10.4 Å². The van der Waals surface area contributed by atoms with Gasteiger partial charge in [-0.3, -0.25) is 14.6 Å². The van der Waals surface area contributed by atoms with Gasteiger partial charge in [0.2, 0.25) is 5.91 Å². The molecule has 0 aliphatic rings. The topological polar surface area (TPSA) is 76.0 Å². The van der Waals surface area contributed by atoms with Gasteiger partial charge >= 0.3 is 0 Å². The molecule has 0 saturated heterocycles. The number of aromatic nitrogens is 2. The second-order valence-electron chi connectivity index (χ2n) is 6.25. The number of fused-ring (bicyclic) bond motifs is 1. The van der Waals surface area contributed by atoms with Crippen LogP contribution in [0.2, 0.25) is 0 Å². The first-order valence-corrected chi connectivity index (χ1v) is 8.86. The molecule has 138 valence electrons. The van der Waals surface area contributed by atoms with E-state index in [9.17, 15) is 9.59 Å². The minimum atomic E-state index is -0.310. The van der Waals surface area contributed by atoms with Crippen LogP contribution in [-0.2, 0) is 4.79 Å². The van der Waals surface area contributed by atoms with Crippen LogP contribution in [0.5, 0.6) is 0 Å². The van der Waals surface area contributed by atoms with Gasteiger partial charge < -0.3 is 15.2 Å². The number of nitrogens with one attached hydrogen (secondary N) is 2. The molecule has 2 N–H and O–H groups in total. The molecular weight excluding hydrogens is 352 g/mol. The molecule has 6 nitrogen and oxygen atoms in total. The van der Waals surface area contributed by atoms with E-state index in [0.717, 1.165) is 11.1 Å². The van der Waals surface area contributed by atoms with E-state index in [-0.39, 0.29) is 18.4 Å².